The van der Waals surface area contributed by atoms with E-state index in [9.17, 15) is 0 Å². The smallest absolute Gasteiger partial charge is 0.265 e. The Labute approximate surface area is 148 Å². The van der Waals surface area contributed by atoms with Crippen LogP contribution in [0, 0.1) is 5.41 Å². The van der Waals surface area contributed by atoms with Crippen molar-refractivity contribution in [2.24, 2.45) is 5.11 Å². The van der Waals surface area contributed by atoms with Crippen LogP contribution < -0.4 is 0 Å². The van der Waals surface area contributed by atoms with E-state index in [0.29, 0.717) is 12.8 Å². The van der Waals surface area contributed by atoms with Gasteiger partial charge in [0.15, 0.2) is 11.9 Å². The van der Waals surface area contributed by atoms with Gasteiger partial charge in [0.25, 0.3) is 3.79 Å². The highest BCUT2D eigenvalue weighted by Gasteiger charge is 2.58. The van der Waals surface area contributed by atoms with Crippen LogP contribution in [-0.2, 0) is 18.9 Å². The van der Waals surface area contributed by atoms with E-state index in [1.165, 1.54) is 0 Å². The number of fused-ring (bicyclic) bond motifs is 1. The zero-order chi connectivity index (χ0) is 17.3. The summed E-state index contributed by atoms with van der Waals surface area (Å²) in [6.45, 7) is 3.92. The molecule has 0 aromatic rings. The van der Waals surface area contributed by atoms with Gasteiger partial charge in [0.1, 0.15) is 6.10 Å². The second kappa shape index (κ2) is 7.19. The second-order valence-electron chi connectivity index (χ2n) is 5.18. The fraction of sp³-hybridized carbons (Fsp3) is 0.917. The van der Waals surface area contributed by atoms with Crippen LogP contribution in [0.25, 0.3) is 10.4 Å². The first kappa shape index (κ1) is 18.9. The van der Waals surface area contributed by atoms with E-state index >= 15 is 0 Å². The van der Waals surface area contributed by atoms with Crippen LogP contribution >= 0.6 is 34.8 Å². The summed E-state index contributed by atoms with van der Waals surface area (Å²) >= 11 is 16.9. The number of halogens is 3. The number of rotatable bonds is 5. The third-order valence-corrected chi connectivity index (χ3v) is 4.38. The molecular formula is C12H17Cl3N4O4. The Morgan fingerprint density at radius 2 is 1.91 bits per heavy atom. The summed E-state index contributed by atoms with van der Waals surface area (Å²) in [6.07, 6.45) is -1.40. The molecule has 0 saturated carbocycles. The Morgan fingerprint density at radius 3 is 2.43 bits per heavy atom. The zero-order valence-electron chi connectivity index (χ0n) is 12.5. The molecule has 2 saturated heterocycles. The third-order valence-electron chi connectivity index (χ3n) is 3.86. The van der Waals surface area contributed by atoms with Crippen LogP contribution in [0.2, 0.25) is 0 Å². The van der Waals surface area contributed by atoms with E-state index in [2.05, 4.69) is 10.0 Å². The van der Waals surface area contributed by atoms with Crippen molar-refractivity contribution in [2.45, 2.75) is 60.9 Å². The quantitative estimate of drug-likeness (QED) is 0.194. The lowest BCUT2D eigenvalue weighted by atomic mass is 10.1. The molecule has 130 valence electrons. The Balaban J connectivity index is 2.17. The van der Waals surface area contributed by atoms with E-state index < -0.39 is 40.1 Å². The number of azide groups is 1. The second-order valence-corrected chi connectivity index (χ2v) is 7.47. The number of hydrogen-bond donors (Lipinski definition) is 1. The summed E-state index contributed by atoms with van der Waals surface area (Å²) < 4.78 is 20.9. The lowest BCUT2D eigenvalue weighted by Gasteiger charge is -2.29. The topological polar surface area (TPSA) is 110 Å². The maximum absolute atomic E-state index is 8.49. The highest BCUT2D eigenvalue weighted by molar-refractivity contribution is 6.76. The van der Waals surface area contributed by atoms with Crippen LogP contribution in [0.1, 0.15) is 26.7 Å². The average molecular weight is 388 g/mol. The van der Waals surface area contributed by atoms with E-state index in [1.54, 1.807) is 0 Å². The number of hydrogen-bond acceptors (Lipinski definition) is 6. The molecule has 2 aliphatic rings. The van der Waals surface area contributed by atoms with Gasteiger partial charge in [0.2, 0.25) is 12.2 Å². The molecule has 1 N–H and O–H groups in total. The molecule has 0 aromatic carbocycles. The largest absolute Gasteiger partial charge is 0.445 e. The number of nitrogens with one attached hydrogen (secondary N) is 1. The maximum atomic E-state index is 8.49. The van der Waals surface area contributed by atoms with Gasteiger partial charge in [-0.05, 0) is 18.4 Å². The molecule has 0 radical (unpaired) electrons. The summed E-state index contributed by atoms with van der Waals surface area (Å²) in [7, 11) is 0. The summed E-state index contributed by atoms with van der Waals surface area (Å²) in [5.41, 5.74) is 8.49. The van der Waals surface area contributed by atoms with Crippen molar-refractivity contribution >= 4 is 40.7 Å². The molecule has 2 rings (SSSR count). The van der Waals surface area contributed by atoms with Crippen LogP contribution in [0.4, 0.5) is 0 Å². The van der Waals surface area contributed by atoms with E-state index in [0.717, 1.165) is 0 Å². The van der Waals surface area contributed by atoms with E-state index in [4.69, 9.17) is 64.7 Å². The van der Waals surface area contributed by atoms with Crippen molar-refractivity contribution in [3.63, 3.8) is 0 Å². The SMILES string of the molecule is CCC1(CC)OC2C(O1)[C@@H](CN=[N+]=[N-])O[C@H]2OC(=N)C(Cl)(Cl)Cl. The molecular weight excluding hydrogens is 371 g/mol. The van der Waals surface area contributed by atoms with Crippen molar-refractivity contribution < 1.29 is 18.9 Å². The fourth-order valence-electron chi connectivity index (χ4n) is 2.61. The standard InChI is InChI=1S/C12H17Cl3N4O4/c1-3-11(4-2)22-7-6(5-18-19-17)20-9(8(7)23-11)21-10(16)12(13,14)15/h6-9,16H,3-5H2,1-2H3/t6-,7?,8?,9+/m1/s1. The number of ether oxygens (including phenoxy) is 4. The predicted octanol–water partition coefficient (Wildman–Crippen LogP) is 3.69. The van der Waals surface area contributed by atoms with Crippen molar-refractivity contribution in [1.29, 1.82) is 5.41 Å². The lowest BCUT2D eigenvalue weighted by molar-refractivity contribution is -0.234. The summed E-state index contributed by atoms with van der Waals surface area (Å²) in [5, 5.41) is 11.2. The molecule has 0 spiro atoms. The molecule has 2 aliphatic heterocycles. The van der Waals surface area contributed by atoms with E-state index in [-0.39, 0.29) is 6.54 Å². The lowest BCUT2D eigenvalue weighted by Crippen LogP contribution is -2.37. The molecule has 0 bridgehead atoms. The van der Waals surface area contributed by atoms with Gasteiger partial charge in [-0.1, -0.05) is 53.8 Å². The molecule has 0 aromatic heterocycles. The minimum Gasteiger partial charge on any atom is -0.445 e. The van der Waals surface area contributed by atoms with Gasteiger partial charge in [0, 0.05) is 4.91 Å². The molecule has 23 heavy (non-hydrogen) atoms. The Kier molecular flexibility index (Phi) is 5.90. The molecule has 11 heteroatoms. The molecule has 8 nitrogen and oxygen atoms in total. The third kappa shape index (κ3) is 3.96. The first-order chi connectivity index (χ1) is 10.8. The van der Waals surface area contributed by atoms with Crippen molar-refractivity contribution in [1.82, 2.24) is 0 Å². The normalized spacial score (nSPS) is 32.2. The van der Waals surface area contributed by atoms with Gasteiger partial charge < -0.3 is 18.9 Å². The highest BCUT2D eigenvalue weighted by Crippen LogP contribution is 2.43. The van der Waals surface area contributed by atoms with Crippen LogP contribution in [-0.4, -0.2) is 46.6 Å². The zero-order valence-corrected chi connectivity index (χ0v) is 14.8. The molecule has 0 aliphatic carbocycles. The monoisotopic (exact) mass is 386 g/mol. The summed E-state index contributed by atoms with van der Waals surface area (Å²) in [6, 6.07) is 0. The van der Waals surface area contributed by atoms with Crippen molar-refractivity contribution in [3.8, 4) is 0 Å². The molecule has 4 atom stereocenters. The number of nitrogens with zero attached hydrogens (tertiary/aromatic N) is 3. The van der Waals surface area contributed by atoms with Gasteiger partial charge in [-0.2, -0.15) is 0 Å². The Hall–Kier alpha value is -0.470. The molecule has 0 amide bonds. The summed E-state index contributed by atoms with van der Waals surface area (Å²) in [4.78, 5) is 2.72. The molecule has 2 unspecified atom stereocenters. The van der Waals surface area contributed by atoms with Crippen LogP contribution in [0.3, 0.4) is 0 Å². The first-order valence-corrected chi connectivity index (χ1v) is 8.24. The van der Waals surface area contributed by atoms with Gasteiger partial charge in [-0.25, -0.2) is 0 Å². The van der Waals surface area contributed by atoms with Crippen molar-refractivity contribution in [2.75, 3.05) is 6.54 Å². The molecule has 2 fully saturated rings. The van der Waals surface area contributed by atoms with Gasteiger partial charge >= 0.3 is 0 Å². The maximum Gasteiger partial charge on any atom is 0.265 e. The van der Waals surface area contributed by atoms with Crippen LogP contribution in [0.15, 0.2) is 5.11 Å². The molecule has 2 heterocycles. The van der Waals surface area contributed by atoms with Crippen molar-refractivity contribution in [3.05, 3.63) is 10.4 Å². The minimum absolute atomic E-state index is 0.0471. The van der Waals surface area contributed by atoms with Gasteiger partial charge in [-0.15, -0.1) is 0 Å². The fourth-order valence-corrected chi connectivity index (χ4v) is 2.74. The van der Waals surface area contributed by atoms with Gasteiger partial charge in [-0.3, -0.25) is 5.41 Å². The number of alkyl halides is 3. The predicted molar refractivity (Wildman–Crippen MR) is 84.8 cm³/mol. The van der Waals surface area contributed by atoms with Crippen LogP contribution in [0.5, 0.6) is 0 Å². The van der Waals surface area contributed by atoms with Gasteiger partial charge in [0.05, 0.1) is 12.6 Å². The Morgan fingerprint density at radius 1 is 1.30 bits per heavy atom. The average Bonchev–Trinajstić information content (AvgIpc) is 3.02. The Bertz CT molecular complexity index is 505. The van der Waals surface area contributed by atoms with E-state index in [1.807, 2.05) is 13.8 Å². The highest BCUT2D eigenvalue weighted by atomic mass is 35.6. The summed E-state index contributed by atoms with van der Waals surface area (Å²) in [5.74, 6) is -1.35. The minimum atomic E-state index is -2.01. The first-order valence-electron chi connectivity index (χ1n) is 7.10.